The predicted octanol–water partition coefficient (Wildman–Crippen LogP) is 3.88. The molecule has 0 saturated heterocycles. The molecule has 2 saturated carbocycles. The molecule has 2 N–H and O–H groups in total. The minimum Gasteiger partial charge on any atom is -0.339 e. The molecule has 1 heterocycles. The van der Waals surface area contributed by atoms with E-state index in [4.69, 9.17) is 15.2 Å². The molecule has 0 spiro atoms. The summed E-state index contributed by atoms with van der Waals surface area (Å²) in [6.07, 6.45) is 13.7. The van der Waals surface area contributed by atoms with Crippen molar-refractivity contribution in [2.45, 2.75) is 88.5 Å². The Morgan fingerprint density at radius 1 is 0.850 bits per heavy atom. The first-order valence-electron chi connectivity index (χ1n) is 8.42. The average molecular weight is 277 g/mol. The minimum atomic E-state index is 0.311. The van der Waals surface area contributed by atoms with Crippen molar-refractivity contribution < 1.29 is 4.52 Å². The van der Waals surface area contributed by atoms with E-state index in [1.54, 1.807) is 0 Å². The molecule has 2 aliphatic rings. The molecule has 20 heavy (non-hydrogen) atoms. The lowest BCUT2D eigenvalue weighted by molar-refractivity contribution is 0.295. The Morgan fingerprint density at radius 3 is 2.30 bits per heavy atom. The fourth-order valence-corrected chi connectivity index (χ4v) is 3.75. The van der Waals surface area contributed by atoms with Gasteiger partial charge >= 0.3 is 0 Å². The second-order valence-corrected chi connectivity index (χ2v) is 6.66. The van der Waals surface area contributed by atoms with Crippen LogP contribution in [0.4, 0.5) is 0 Å². The smallest absolute Gasteiger partial charge is 0.229 e. The summed E-state index contributed by atoms with van der Waals surface area (Å²) in [5.74, 6) is 2.72. The highest BCUT2D eigenvalue weighted by atomic mass is 16.5. The van der Waals surface area contributed by atoms with Crippen LogP contribution in [0.2, 0.25) is 0 Å². The van der Waals surface area contributed by atoms with Crippen LogP contribution < -0.4 is 5.73 Å². The molecular weight excluding hydrogens is 250 g/mol. The maximum atomic E-state index is 6.06. The first-order chi connectivity index (χ1) is 9.83. The van der Waals surface area contributed by atoms with Crippen molar-refractivity contribution in [1.82, 2.24) is 10.1 Å². The van der Waals surface area contributed by atoms with E-state index in [-0.39, 0.29) is 0 Å². The largest absolute Gasteiger partial charge is 0.339 e. The normalized spacial score (nSPS) is 29.9. The van der Waals surface area contributed by atoms with Gasteiger partial charge in [-0.15, -0.1) is 0 Å². The average Bonchev–Trinajstić information content (AvgIpc) is 2.88. The van der Waals surface area contributed by atoms with Gasteiger partial charge in [0.25, 0.3) is 0 Å². The molecule has 0 aliphatic heterocycles. The highest BCUT2D eigenvalue weighted by Gasteiger charge is 2.27. The summed E-state index contributed by atoms with van der Waals surface area (Å²) in [5, 5.41) is 4.29. The van der Waals surface area contributed by atoms with E-state index in [2.05, 4.69) is 5.16 Å². The molecule has 3 rings (SSSR count). The summed E-state index contributed by atoms with van der Waals surface area (Å²) < 4.78 is 5.56. The molecule has 2 atom stereocenters. The van der Waals surface area contributed by atoms with Crippen molar-refractivity contribution in [3.63, 3.8) is 0 Å². The Kier molecular flexibility index (Phi) is 4.71. The van der Waals surface area contributed by atoms with E-state index in [1.165, 1.54) is 51.4 Å². The fraction of sp³-hybridized carbons (Fsp3) is 0.875. The molecule has 0 radical (unpaired) electrons. The van der Waals surface area contributed by atoms with Gasteiger partial charge in [0, 0.05) is 17.9 Å². The lowest BCUT2D eigenvalue weighted by Crippen LogP contribution is -2.27. The number of aromatic nitrogens is 2. The predicted molar refractivity (Wildman–Crippen MR) is 78.5 cm³/mol. The molecule has 4 heteroatoms. The van der Waals surface area contributed by atoms with Crippen molar-refractivity contribution in [3.05, 3.63) is 11.7 Å². The Bertz CT molecular complexity index is 410. The van der Waals surface area contributed by atoms with E-state index in [9.17, 15) is 0 Å². The van der Waals surface area contributed by atoms with Crippen molar-refractivity contribution in [3.8, 4) is 0 Å². The third kappa shape index (κ3) is 3.40. The van der Waals surface area contributed by atoms with Gasteiger partial charge in [-0.25, -0.2) is 0 Å². The van der Waals surface area contributed by atoms with Crippen LogP contribution >= 0.6 is 0 Å². The molecule has 0 aromatic carbocycles. The summed E-state index contributed by atoms with van der Waals surface area (Å²) >= 11 is 0. The van der Waals surface area contributed by atoms with Gasteiger partial charge in [0.2, 0.25) is 5.89 Å². The first-order valence-corrected chi connectivity index (χ1v) is 8.42. The Morgan fingerprint density at radius 2 is 1.55 bits per heavy atom. The summed E-state index contributed by atoms with van der Waals surface area (Å²) in [7, 11) is 0. The lowest BCUT2D eigenvalue weighted by atomic mass is 9.86. The van der Waals surface area contributed by atoms with E-state index in [0.29, 0.717) is 17.9 Å². The van der Waals surface area contributed by atoms with Gasteiger partial charge in [-0.05, 0) is 32.1 Å². The molecule has 112 valence electrons. The van der Waals surface area contributed by atoms with Crippen LogP contribution in [0.15, 0.2) is 4.52 Å². The summed E-state index contributed by atoms with van der Waals surface area (Å²) in [6.45, 7) is 0. The monoisotopic (exact) mass is 277 g/mol. The number of nitrogens with two attached hydrogens (primary N) is 1. The van der Waals surface area contributed by atoms with Crippen LogP contribution in [-0.4, -0.2) is 16.2 Å². The Hall–Kier alpha value is -0.900. The maximum absolute atomic E-state index is 6.06. The Balaban J connectivity index is 1.65. The second-order valence-electron chi connectivity index (χ2n) is 6.66. The van der Waals surface area contributed by atoms with E-state index in [1.807, 2.05) is 0 Å². The fourth-order valence-electron chi connectivity index (χ4n) is 3.75. The SMILES string of the molecule is NC1CCCC(c2nc(C3CCCCCCC3)no2)C1. The third-order valence-corrected chi connectivity index (χ3v) is 4.99. The number of hydrogen-bond donors (Lipinski definition) is 1. The quantitative estimate of drug-likeness (QED) is 0.890. The highest BCUT2D eigenvalue weighted by molar-refractivity contribution is 5.01. The molecule has 1 aromatic heterocycles. The standard InChI is InChI=1S/C16H27N3O/c17-14-10-6-9-13(11-14)16-18-15(19-20-16)12-7-4-2-1-3-5-8-12/h12-14H,1-11,17H2. The molecule has 0 bridgehead atoms. The van der Waals surface area contributed by atoms with Crippen LogP contribution in [-0.2, 0) is 0 Å². The zero-order chi connectivity index (χ0) is 13.8. The van der Waals surface area contributed by atoms with E-state index < -0.39 is 0 Å². The van der Waals surface area contributed by atoms with Gasteiger partial charge in [0.1, 0.15) is 0 Å². The topological polar surface area (TPSA) is 64.9 Å². The van der Waals surface area contributed by atoms with Crippen molar-refractivity contribution >= 4 is 0 Å². The van der Waals surface area contributed by atoms with Gasteiger partial charge in [0.05, 0.1) is 0 Å². The van der Waals surface area contributed by atoms with E-state index >= 15 is 0 Å². The maximum Gasteiger partial charge on any atom is 0.229 e. The van der Waals surface area contributed by atoms with Gasteiger partial charge < -0.3 is 10.3 Å². The summed E-state index contributed by atoms with van der Waals surface area (Å²) in [6, 6.07) is 0.311. The molecular formula is C16H27N3O. The van der Waals surface area contributed by atoms with Crippen LogP contribution in [0.1, 0.15) is 94.2 Å². The van der Waals surface area contributed by atoms with Gasteiger partial charge in [-0.1, -0.05) is 43.7 Å². The van der Waals surface area contributed by atoms with Gasteiger partial charge in [-0.3, -0.25) is 0 Å². The van der Waals surface area contributed by atoms with Gasteiger partial charge in [0.15, 0.2) is 5.82 Å². The zero-order valence-electron chi connectivity index (χ0n) is 12.4. The lowest BCUT2D eigenvalue weighted by Gasteiger charge is -2.23. The van der Waals surface area contributed by atoms with Crippen LogP contribution in [0, 0.1) is 0 Å². The molecule has 2 aliphatic carbocycles. The number of rotatable bonds is 2. The number of nitrogens with zero attached hydrogens (tertiary/aromatic N) is 2. The zero-order valence-corrected chi connectivity index (χ0v) is 12.4. The summed E-state index contributed by atoms with van der Waals surface area (Å²) in [4.78, 5) is 4.73. The highest BCUT2D eigenvalue weighted by Crippen LogP contribution is 2.34. The molecule has 2 unspecified atom stereocenters. The van der Waals surface area contributed by atoms with Crippen LogP contribution in [0.3, 0.4) is 0 Å². The first kappa shape index (κ1) is 14.1. The van der Waals surface area contributed by atoms with Crippen molar-refractivity contribution in [2.24, 2.45) is 5.73 Å². The van der Waals surface area contributed by atoms with Crippen LogP contribution in [0.25, 0.3) is 0 Å². The molecule has 2 fully saturated rings. The Labute approximate surface area is 121 Å². The molecule has 4 nitrogen and oxygen atoms in total. The summed E-state index contributed by atoms with van der Waals surface area (Å²) in [5.41, 5.74) is 6.06. The van der Waals surface area contributed by atoms with E-state index in [0.717, 1.165) is 31.0 Å². The third-order valence-electron chi connectivity index (χ3n) is 4.99. The minimum absolute atomic E-state index is 0.311. The number of hydrogen-bond acceptors (Lipinski definition) is 4. The molecule has 1 aromatic rings. The van der Waals surface area contributed by atoms with Crippen molar-refractivity contribution in [1.29, 1.82) is 0 Å². The van der Waals surface area contributed by atoms with Crippen LogP contribution in [0.5, 0.6) is 0 Å². The second kappa shape index (κ2) is 6.70. The van der Waals surface area contributed by atoms with Crippen molar-refractivity contribution in [2.75, 3.05) is 0 Å². The van der Waals surface area contributed by atoms with Gasteiger partial charge in [-0.2, -0.15) is 4.98 Å². The molecule has 0 amide bonds.